The van der Waals surface area contributed by atoms with E-state index in [0.29, 0.717) is 11.5 Å². The van der Waals surface area contributed by atoms with Crippen molar-refractivity contribution in [3.05, 3.63) is 11.8 Å². The second-order valence-corrected chi connectivity index (χ2v) is 9.04. The minimum Gasteiger partial charge on any atom is -0.501 e. The zero-order valence-electron chi connectivity index (χ0n) is 13.4. The maximum absolute atomic E-state index is 11.9. The van der Waals surface area contributed by atoms with Crippen LogP contribution in [-0.4, -0.2) is 26.5 Å². The third-order valence-electron chi connectivity index (χ3n) is 5.15. The van der Waals surface area contributed by atoms with Crippen molar-refractivity contribution >= 4 is 9.84 Å². The van der Waals surface area contributed by atoms with Crippen LogP contribution < -0.4 is 0 Å². The van der Waals surface area contributed by atoms with Crippen LogP contribution in [0.15, 0.2) is 11.8 Å². The Balaban J connectivity index is 1.73. The molecule has 1 saturated heterocycles. The second kappa shape index (κ2) is 7.66. The summed E-state index contributed by atoms with van der Waals surface area (Å²) in [5.74, 6) is 0.773. The second-order valence-electron chi connectivity index (χ2n) is 6.86. The zero-order valence-corrected chi connectivity index (χ0v) is 14.2. The Morgan fingerprint density at radius 3 is 2.62 bits per heavy atom. The SMILES string of the molecule is CCC1(CCCOC=C2CCCCC2)CCCS(=O)(=O)C1. The molecule has 0 bridgehead atoms. The fourth-order valence-electron chi connectivity index (χ4n) is 3.76. The lowest BCUT2D eigenvalue weighted by Crippen LogP contribution is -2.36. The molecule has 1 atom stereocenters. The molecule has 2 fully saturated rings. The van der Waals surface area contributed by atoms with Gasteiger partial charge in [0.2, 0.25) is 0 Å². The van der Waals surface area contributed by atoms with E-state index in [9.17, 15) is 8.42 Å². The molecule has 1 saturated carbocycles. The normalized spacial score (nSPS) is 29.1. The van der Waals surface area contributed by atoms with Crippen molar-refractivity contribution in [3.8, 4) is 0 Å². The summed E-state index contributed by atoms with van der Waals surface area (Å²) in [4.78, 5) is 0. The average Bonchev–Trinajstić information content (AvgIpc) is 2.47. The van der Waals surface area contributed by atoms with Crippen LogP contribution in [0, 0.1) is 5.41 Å². The van der Waals surface area contributed by atoms with Gasteiger partial charge in [-0.1, -0.05) is 13.3 Å². The maximum Gasteiger partial charge on any atom is 0.150 e. The Morgan fingerprint density at radius 1 is 1.19 bits per heavy atom. The predicted octanol–water partition coefficient (Wildman–Crippen LogP) is 4.24. The minimum atomic E-state index is -2.82. The summed E-state index contributed by atoms with van der Waals surface area (Å²) in [7, 11) is -2.82. The molecule has 1 unspecified atom stereocenters. The van der Waals surface area contributed by atoms with Gasteiger partial charge in [0.25, 0.3) is 0 Å². The highest BCUT2D eigenvalue weighted by atomic mass is 32.2. The van der Waals surface area contributed by atoms with Crippen LogP contribution >= 0.6 is 0 Å². The van der Waals surface area contributed by atoms with Gasteiger partial charge < -0.3 is 4.74 Å². The molecule has 2 rings (SSSR count). The van der Waals surface area contributed by atoms with Gasteiger partial charge in [-0.2, -0.15) is 0 Å². The van der Waals surface area contributed by atoms with Crippen LogP contribution in [0.25, 0.3) is 0 Å². The van der Waals surface area contributed by atoms with Gasteiger partial charge in [-0.25, -0.2) is 8.42 Å². The summed E-state index contributed by atoms with van der Waals surface area (Å²) in [5, 5.41) is 0. The highest BCUT2D eigenvalue weighted by molar-refractivity contribution is 7.91. The van der Waals surface area contributed by atoms with Gasteiger partial charge in [0.05, 0.1) is 24.4 Å². The van der Waals surface area contributed by atoms with Gasteiger partial charge in [0.1, 0.15) is 0 Å². The fourth-order valence-corrected chi connectivity index (χ4v) is 5.92. The monoisotopic (exact) mass is 314 g/mol. The molecule has 1 heterocycles. The van der Waals surface area contributed by atoms with E-state index in [1.54, 1.807) is 0 Å². The molecule has 0 aromatic heterocycles. The Kier molecular flexibility index (Phi) is 6.15. The summed E-state index contributed by atoms with van der Waals surface area (Å²) in [5.41, 5.74) is 1.46. The summed E-state index contributed by atoms with van der Waals surface area (Å²) >= 11 is 0. The lowest BCUT2D eigenvalue weighted by Gasteiger charge is -2.36. The lowest BCUT2D eigenvalue weighted by atomic mass is 9.78. The van der Waals surface area contributed by atoms with E-state index in [2.05, 4.69) is 6.92 Å². The smallest absolute Gasteiger partial charge is 0.150 e. The molecular weight excluding hydrogens is 284 g/mol. The standard InChI is InChI=1S/C17H30O3S/c1-2-17(11-7-13-21(18,19)15-17)10-6-12-20-14-16-8-4-3-5-9-16/h14H,2-13,15H2,1H3. The van der Waals surface area contributed by atoms with Crippen LogP contribution in [0.4, 0.5) is 0 Å². The van der Waals surface area contributed by atoms with E-state index < -0.39 is 9.84 Å². The Labute approximate surface area is 130 Å². The van der Waals surface area contributed by atoms with Crippen molar-refractivity contribution in [1.29, 1.82) is 0 Å². The quantitative estimate of drug-likeness (QED) is 0.544. The van der Waals surface area contributed by atoms with E-state index >= 15 is 0 Å². The number of ether oxygens (including phenoxy) is 1. The molecule has 21 heavy (non-hydrogen) atoms. The first kappa shape index (κ1) is 16.9. The van der Waals surface area contributed by atoms with Gasteiger partial charge >= 0.3 is 0 Å². The molecule has 0 radical (unpaired) electrons. The number of sulfone groups is 1. The molecule has 2 aliphatic rings. The summed E-state index contributed by atoms with van der Waals surface area (Å²) < 4.78 is 29.5. The molecule has 0 aromatic carbocycles. The van der Waals surface area contributed by atoms with Crippen molar-refractivity contribution in [2.24, 2.45) is 5.41 Å². The molecule has 0 N–H and O–H groups in total. The van der Waals surface area contributed by atoms with E-state index in [4.69, 9.17) is 4.74 Å². The van der Waals surface area contributed by atoms with E-state index in [1.165, 1.54) is 37.7 Å². The maximum atomic E-state index is 11.9. The van der Waals surface area contributed by atoms with Crippen LogP contribution in [0.3, 0.4) is 0 Å². The number of hydrogen-bond donors (Lipinski definition) is 0. The van der Waals surface area contributed by atoms with Gasteiger partial charge in [0.15, 0.2) is 9.84 Å². The molecule has 3 nitrogen and oxygen atoms in total. The van der Waals surface area contributed by atoms with E-state index in [1.807, 2.05) is 6.26 Å². The highest BCUT2D eigenvalue weighted by Crippen LogP contribution is 2.38. The van der Waals surface area contributed by atoms with Crippen LogP contribution in [0.5, 0.6) is 0 Å². The molecule has 122 valence electrons. The van der Waals surface area contributed by atoms with Crippen LogP contribution in [-0.2, 0) is 14.6 Å². The summed E-state index contributed by atoms with van der Waals surface area (Å²) in [6, 6.07) is 0. The first-order valence-corrected chi connectivity index (χ1v) is 10.4. The molecule has 0 spiro atoms. The molecule has 0 amide bonds. The van der Waals surface area contributed by atoms with Crippen molar-refractivity contribution in [2.45, 2.75) is 71.1 Å². The summed E-state index contributed by atoms with van der Waals surface area (Å²) in [6.07, 6.45) is 13.1. The third kappa shape index (κ3) is 5.32. The fraction of sp³-hybridized carbons (Fsp3) is 0.882. The van der Waals surface area contributed by atoms with Gasteiger partial charge in [-0.15, -0.1) is 0 Å². The molecule has 1 aliphatic heterocycles. The Morgan fingerprint density at radius 2 is 1.95 bits per heavy atom. The largest absolute Gasteiger partial charge is 0.501 e. The van der Waals surface area contributed by atoms with Crippen molar-refractivity contribution < 1.29 is 13.2 Å². The van der Waals surface area contributed by atoms with Crippen molar-refractivity contribution in [1.82, 2.24) is 0 Å². The molecule has 4 heteroatoms. The zero-order chi connectivity index (χ0) is 15.2. The number of rotatable bonds is 6. The summed E-state index contributed by atoms with van der Waals surface area (Å²) in [6.45, 7) is 2.86. The minimum absolute atomic E-state index is 0.0123. The van der Waals surface area contributed by atoms with Gasteiger partial charge in [0, 0.05) is 0 Å². The van der Waals surface area contributed by atoms with E-state index in [-0.39, 0.29) is 5.41 Å². The highest BCUT2D eigenvalue weighted by Gasteiger charge is 2.36. The predicted molar refractivity (Wildman–Crippen MR) is 87.0 cm³/mol. The Hall–Kier alpha value is -0.510. The van der Waals surface area contributed by atoms with E-state index in [0.717, 1.165) is 38.7 Å². The first-order valence-electron chi connectivity index (χ1n) is 8.55. The number of allylic oxidation sites excluding steroid dienone is 1. The van der Waals surface area contributed by atoms with Crippen molar-refractivity contribution in [3.63, 3.8) is 0 Å². The third-order valence-corrected chi connectivity index (χ3v) is 7.12. The molecule has 1 aliphatic carbocycles. The number of hydrogen-bond acceptors (Lipinski definition) is 3. The van der Waals surface area contributed by atoms with Crippen LogP contribution in [0.2, 0.25) is 0 Å². The topological polar surface area (TPSA) is 43.4 Å². The van der Waals surface area contributed by atoms with Crippen molar-refractivity contribution in [2.75, 3.05) is 18.1 Å². The Bertz CT molecular complexity index is 445. The molecule has 0 aromatic rings. The average molecular weight is 314 g/mol. The lowest BCUT2D eigenvalue weighted by molar-refractivity contribution is 0.189. The van der Waals surface area contributed by atoms with Crippen LogP contribution in [0.1, 0.15) is 71.1 Å². The molecular formula is C17H30O3S. The van der Waals surface area contributed by atoms with Gasteiger partial charge in [-0.05, 0) is 68.8 Å². The van der Waals surface area contributed by atoms with Gasteiger partial charge in [-0.3, -0.25) is 0 Å². The first-order chi connectivity index (χ1) is 10.1.